The van der Waals surface area contributed by atoms with E-state index in [4.69, 9.17) is 14.7 Å². The summed E-state index contributed by atoms with van der Waals surface area (Å²) in [6, 6.07) is 5.35. The van der Waals surface area contributed by atoms with Crippen LogP contribution in [-0.2, 0) is 4.74 Å². The number of amides is 1. The first-order valence-electron chi connectivity index (χ1n) is 8.06. The number of carbonyl (C=O) groups excluding carboxylic acids is 1. The summed E-state index contributed by atoms with van der Waals surface area (Å²) in [4.78, 5) is 20.0. The molecule has 0 atom stereocenters. The van der Waals surface area contributed by atoms with Gasteiger partial charge >= 0.3 is 6.09 Å². The maximum Gasteiger partial charge on any atom is 0.410 e. The van der Waals surface area contributed by atoms with Gasteiger partial charge in [-0.05, 0) is 32.9 Å². The Morgan fingerprint density at radius 3 is 2.54 bits per heavy atom. The number of hydrogen-bond acceptors (Lipinski definition) is 6. The van der Waals surface area contributed by atoms with E-state index in [1.54, 1.807) is 23.2 Å². The molecule has 0 unspecified atom stereocenters. The van der Waals surface area contributed by atoms with E-state index in [1.165, 1.54) is 0 Å². The van der Waals surface area contributed by atoms with Gasteiger partial charge in [0, 0.05) is 32.7 Å². The summed E-state index contributed by atoms with van der Waals surface area (Å²) in [5.74, 6) is 0.654. The van der Waals surface area contributed by atoms with E-state index in [1.807, 2.05) is 26.8 Å². The predicted octanol–water partition coefficient (Wildman–Crippen LogP) is 1.88. The van der Waals surface area contributed by atoms with Gasteiger partial charge in [-0.3, -0.25) is 4.90 Å². The van der Waals surface area contributed by atoms with Crippen LogP contribution in [0.15, 0.2) is 18.3 Å². The largest absolute Gasteiger partial charge is 0.491 e. The summed E-state index contributed by atoms with van der Waals surface area (Å²) in [6.07, 6.45) is 1.31. The van der Waals surface area contributed by atoms with Crippen LogP contribution in [0.4, 0.5) is 4.79 Å². The van der Waals surface area contributed by atoms with Crippen molar-refractivity contribution in [1.82, 2.24) is 14.8 Å². The van der Waals surface area contributed by atoms with Gasteiger partial charge in [-0.1, -0.05) is 0 Å². The number of carbonyl (C=O) groups is 1. The Balaban J connectivity index is 1.67. The van der Waals surface area contributed by atoms with Gasteiger partial charge in [-0.25, -0.2) is 9.78 Å². The first-order valence-corrected chi connectivity index (χ1v) is 8.06. The molecule has 7 nitrogen and oxygen atoms in total. The Labute approximate surface area is 142 Å². The highest BCUT2D eigenvalue weighted by Gasteiger charge is 2.25. The van der Waals surface area contributed by atoms with E-state index in [-0.39, 0.29) is 6.09 Å². The minimum atomic E-state index is -0.461. The van der Waals surface area contributed by atoms with Crippen LogP contribution < -0.4 is 4.74 Å². The zero-order chi connectivity index (χ0) is 17.6. The molecule has 0 bridgehead atoms. The molecule has 0 radical (unpaired) electrons. The fourth-order valence-electron chi connectivity index (χ4n) is 2.30. The lowest BCUT2D eigenvalue weighted by Crippen LogP contribution is -2.50. The highest BCUT2D eigenvalue weighted by atomic mass is 16.6. The average molecular weight is 332 g/mol. The molecule has 1 aliphatic heterocycles. The van der Waals surface area contributed by atoms with Crippen molar-refractivity contribution < 1.29 is 14.3 Å². The number of ether oxygens (including phenoxy) is 2. The normalized spacial score (nSPS) is 15.7. The smallest absolute Gasteiger partial charge is 0.410 e. The van der Waals surface area contributed by atoms with E-state index in [0.29, 0.717) is 31.1 Å². The van der Waals surface area contributed by atoms with Gasteiger partial charge in [-0.15, -0.1) is 0 Å². The van der Waals surface area contributed by atoms with E-state index in [9.17, 15) is 4.79 Å². The van der Waals surface area contributed by atoms with Crippen LogP contribution in [0.25, 0.3) is 0 Å². The lowest BCUT2D eigenvalue weighted by Gasteiger charge is -2.35. The van der Waals surface area contributed by atoms with Crippen molar-refractivity contribution >= 4 is 6.09 Å². The Bertz CT molecular complexity index is 581. The zero-order valence-electron chi connectivity index (χ0n) is 14.5. The number of piperazine rings is 1. The third-order valence-electron chi connectivity index (χ3n) is 3.55. The molecule has 1 fully saturated rings. The van der Waals surface area contributed by atoms with Crippen LogP contribution >= 0.6 is 0 Å². The van der Waals surface area contributed by atoms with Crippen molar-refractivity contribution in [3.8, 4) is 11.8 Å². The average Bonchev–Trinajstić information content (AvgIpc) is 2.54. The van der Waals surface area contributed by atoms with Crippen LogP contribution in [0.2, 0.25) is 0 Å². The molecular weight excluding hydrogens is 308 g/mol. The van der Waals surface area contributed by atoms with Crippen LogP contribution in [-0.4, -0.2) is 65.8 Å². The maximum absolute atomic E-state index is 12.0. The molecule has 1 amide bonds. The predicted molar refractivity (Wildman–Crippen MR) is 88.7 cm³/mol. The molecule has 130 valence electrons. The Kier molecular flexibility index (Phi) is 5.99. The highest BCUT2D eigenvalue weighted by Crippen LogP contribution is 2.12. The summed E-state index contributed by atoms with van der Waals surface area (Å²) in [5.41, 5.74) is -0.0856. The number of hydrogen-bond donors (Lipinski definition) is 0. The fourth-order valence-corrected chi connectivity index (χ4v) is 2.30. The molecule has 0 aromatic carbocycles. The quantitative estimate of drug-likeness (QED) is 0.838. The maximum atomic E-state index is 12.0. The van der Waals surface area contributed by atoms with Crippen LogP contribution in [0.3, 0.4) is 0 Å². The van der Waals surface area contributed by atoms with Crippen molar-refractivity contribution in [2.75, 3.05) is 39.3 Å². The summed E-state index contributed by atoms with van der Waals surface area (Å²) in [5, 5.41) is 8.70. The molecule has 24 heavy (non-hydrogen) atoms. The summed E-state index contributed by atoms with van der Waals surface area (Å²) >= 11 is 0. The Morgan fingerprint density at radius 1 is 1.29 bits per heavy atom. The molecular formula is C17H24N4O3. The first kappa shape index (κ1) is 18.0. The number of pyridine rings is 1. The minimum absolute atomic E-state index is 0.248. The topological polar surface area (TPSA) is 78.7 Å². The van der Waals surface area contributed by atoms with E-state index < -0.39 is 5.60 Å². The lowest BCUT2D eigenvalue weighted by atomic mass is 10.2. The van der Waals surface area contributed by atoms with E-state index in [2.05, 4.69) is 9.88 Å². The first-order chi connectivity index (χ1) is 11.4. The molecule has 1 saturated heterocycles. The second-order valence-corrected chi connectivity index (χ2v) is 6.65. The van der Waals surface area contributed by atoms with E-state index in [0.717, 1.165) is 19.6 Å². The van der Waals surface area contributed by atoms with Gasteiger partial charge in [0.1, 0.15) is 29.7 Å². The van der Waals surface area contributed by atoms with Gasteiger partial charge in [0.15, 0.2) is 0 Å². The zero-order valence-corrected chi connectivity index (χ0v) is 14.5. The van der Waals surface area contributed by atoms with Gasteiger partial charge in [0.2, 0.25) is 0 Å². The third kappa shape index (κ3) is 5.70. The van der Waals surface area contributed by atoms with Crippen LogP contribution in [0, 0.1) is 11.3 Å². The molecule has 0 aliphatic carbocycles. The molecule has 1 aromatic heterocycles. The Morgan fingerprint density at radius 2 is 2.00 bits per heavy atom. The fraction of sp³-hybridized carbons (Fsp3) is 0.588. The molecule has 0 spiro atoms. The third-order valence-corrected chi connectivity index (χ3v) is 3.55. The second-order valence-electron chi connectivity index (χ2n) is 6.65. The SMILES string of the molecule is CC(C)(C)OC(=O)N1CCN(CCOc2ccc(C#N)nc2)CC1. The van der Waals surface area contributed by atoms with Crippen molar-refractivity contribution in [2.45, 2.75) is 26.4 Å². The van der Waals surface area contributed by atoms with Crippen molar-refractivity contribution in [1.29, 1.82) is 5.26 Å². The summed E-state index contributed by atoms with van der Waals surface area (Å²) < 4.78 is 11.0. The van der Waals surface area contributed by atoms with Crippen LogP contribution in [0.1, 0.15) is 26.5 Å². The Hall–Kier alpha value is -2.33. The van der Waals surface area contributed by atoms with Crippen molar-refractivity contribution in [3.63, 3.8) is 0 Å². The molecule has 1 aromatic rings. The molecule has 0 N–H and O–H groups in total. The number of aromatic nitrogens is 1. The van der Waals surface area contributed by atoms with Crippen molar-refractivity contribution in [3.05, 3.63) is 24.0 Å². The van der Waals surface area contributed by atoms with E-state index >= 15 is 0 Å². The van der Waals surface area contributed by atoms with Gasteiger partial charge in [-0.2, -0.15) is 5.26 Å². The number of nitrogens with zero attached hydrogens (tertiary/aromatic N) is 4. The summed E-state index contributed by atoms with van der Waals surface area (Å²) in [6.45, 7) is 9.86. The van der Waals surface area contributed by atoms with Crippen molar-refractivity contribution in [2.24, 2.45) is 0 Å². The monoisotopic (exact) mass is 332 g/mol. The molecule has 7 heteroatoms. The second kappa shape index (κ2) is 7.97. The highest BCUT2D eigenvalue weighted by molar-refractivity contribution is 5.68. The standard InChI is InChI=1S/C17H24N4O3/c1-17(2,3)24-16(22)21-8-6-20(7-9-21)10-11-23-15-5-4-14(12-18)19-13-15/h4-5,13H,6-11H2,1-3H3. The molecule has 2 rings (SSSR count). The number of rotatable bonds is 4. The number of nitriles is 1. The van der Waals surface area contributed by atoms with Gasteiger partial charge < -0.3 is 14.4 Å². The summed E-state index contributed by atoms with van der Waals surface area (Å²) in [7, 11) is 0. The molecule has 1 aliphatic rings. The van der Waals surface area contributed by atoms with Gasteiger partial charge in [0.05, 0.1) is 6.20 Å². The van der Waals surface area contributed by atoms with Gasteiger partial charge in [0.25, 0.3) is 0 Å². The minimum Gasteiger partial charge on any atom is -0.491 e. The molecule has 0 saturated carbocycles. The lowest BCUT2D eigenvalue weighted by molar-refractivity contribution is 0.0137. The van der Waals surface area contributed by atoms with Crippen LogP contribution in [0.5, 0.6) is 5.75 Å². The molecule has 2 heterocycles.